The summed E-state index contributed by atoms with van der Waals surface area (Å²) in [5.41, 5.74) is 2.20. The molecule has 0 radical (unpaired) electrons. The third kappa shape index (κ3) is 3.44. The van der Waals surface area contributed by atoms with Crippen molar-refractivity contribution in [3.8, 4) is 0 Å². The second-order valence-electron chi connectivity index (χ2n) is 7.17. The van der Waals surface area contributed by atoms with Gasteiger partial charge in [-0.1, -0.05) is 29.8 Å². The number of halogens is 1. The van der Waals surface area contributed by atoms with Gasteiger partial charge in [0.1, 0.15) is 5.54 Å². The fourth-order valence-electron chi connectivity index (χ4n) is 3.21. The number of benzodiazepines with no additional fused rings is 1. The smallest absolute Gasteiger partial charge is 0.254 e. The minimum Gasteiger partial charge on any atom is -0.307 e. The van der Waals surface area contributed by atoms with Crippen LogP contribution in [-0.4, -0.2) is 29.3 Å². The van der Waals surface area contributed by atoms with Gasteiger partial charge in [0.25, 0.3) is 5.91 Å². The molecule has 2 aromatic carbocycles. The van der Waals surface area contributed by atoms with Gasteiger partial charge in [0.2, 0.25) is 6.08 Å². The molecular formula is C21H20ClN3O2. The second-order valence-corrected chi connectivity index (χ2v) is 7.58. The fraction of sp³-hybridized carbons (Fsp3) is 0.286. The standard InChI is InChI=1S/C21H20ClN3O2/c1-13(2)25-18-10-9-14(23-12-26)11-16(18)19(24-21(3,4)20(25)27)15-7-5-6-8-17(15)22/h5-11,13H,1-4H3. The molecule has 0 saturated carbocycles. The maximum Gasteiger partial charge on any atom is 0.254 e. The minimum absolute atomic E-state index is 0.0725. The average Bonchev–Trinajstić information content (AvgIpc) is 2.69. The van der Waals surface area contributed by atoms with Gasteiger partial charge in [-0.3, -0.25) is 9.79 Å². The van der Waals surface area contributed by atoms with E-state index in [9.17, 15) is 9.59 Å². The maximum atomic E-state index is 13.2. The van der Waals surface area contributed by atoms with Crippen LogP contribution in [0.25, 0.3) is 0 Å². The van der Waals surface area contributed by atoms with Gasteiger partial charge >= 0.3 is 0 Å². The van der Waals surface area contributed by atoms with Crippen molar-refractivity contribution in [1.82, 2.24) is 0 Å². The van der Waals surface area contributed by atoms with Crippen molar-refractivity contribution in [2.75, 3.05) is 4.90 Å². The molecule has 0 unspecified atom stereocenters. The van der Waals surface area contributed by atoms with Gasteiger partial charge < -0.3 is 4.90 Å². The Morgan fingerprint density at radius 3 is 2.48 bits per heavy atom. The predicted molar refractivity (Wildman–Crippen MR) is 108 cm³/mol. The fourth-order valence-corrected chi connectivity index (χ4v) is 3.43. The zero-order chi connectivity index (χ0) is 19.8. The lowest BCUT2D eigenvalue weighted by atomic mass is 9.99. The van der Waals surface area contributed by atoms with Crippen LogP contribution < -0.4 is 4.90 Å². The number of aliphatic imine (C=N–C) groups is 2. The van der Waals surface area contributed by atoms with Gasteiger partial charge in [-0.25, -0.2) is 4.79 Å². The summed E-state index contributed by atoms with van der Waals surface area (Å²) in [6.45, 7) is 7.49. The highest BCUT2D eigenvalue weighted by Crippen LogP contribution is 2.36. The molecule has 1 amide bonds. The summed E-state index contributed by atoms with van der Waals surface area (Å²) in [6, 6.07) is 12.5. The van der Waals surface area contributed by atoms with Gasteiger partial charge in [-0.05, 0) is 52.0 Å². The van der Waals surface area contributed by atoms with Crippen molar-refractivity contribution >= 4 is 40.7 Å². The number of rotatable bonds is 3. The van der Waals surface area contributed by atoms with E-state index in [0.717, 1.165) is 5.56 Å². The second kappa shape index (κ2) is 7.10. The van der Waals surface area contributed by atoms with Crippen molar-refractivity contribution in [2.45, 2.75) is 39.3 Å². The van der Waals surface area contributed by atoms with Gasteiger partial charge in [-0.15, -0.1) is 0 Å². The van der Waals surface area contributed by atoms with Crippen molar-refractivity contribution in [3.05, 3.63) is 58.6 Å². The monoisotopic (exact) mass is 381 g/mol. The highest BCUT2D eigenvalue weighted by Gasteiger charge is 2.39. The Morgan fingerprint density at radius 1 is 1.15 bits per heavy atom. The van der Waals surface area contributed by atoms with Crippen molar-refractivity contribution in [2.24, 2.45) is 9.98 Å². The summed E-state index contributed by atoms with van der Waals surface area (Å²) in [5.74, 6) is -0.104. The molecule has 27 heavy (non-hydrogen) atoms. The quantitative estimate of drug-likeness (QED) is 0.572. The number of hydrogen-bond acceptors (Lipinski definition) is 4. The van der Waals surface area contributed by atoms with Crippen LogP contribution in [0.15, 0.2) is 52.4 Å². The van der Waals surface area contributed by atoms with Crippen molar-refractivity contribution in [3.63, 3.8) is 0 Å². The molecule has 0 spiro atoms. The molecule has 3 rings (SSSR count). The molecule has 6 heteroatoms. The molecule has 1 aliphatic heterocycles. The number of nitrogens with zero attached hydrogens (tertiary/aromatic N) is 3. The largest absolute Gasteiger partial charge is 0.307 e. The third-order valence-electron chi connectivity index (χ3n) is 4.45. The average molecular weight is 382 g/mol. The molecule has 0 N–H and O–H groups in total. The van der Waals surface area contributed by atoms with E-state index < -0.39 is 5.54 Å². The van der Waals surface area contributed by atoms with Crippen LogP contribution in [0.5, 0.6) is 0 Å². The van der Waals surface area contributed by atoms with Crippen LogP contribution >= 0.6 is 11.6 Å². The Balaban J connectivity index is 2.39. The van der Waals surface area contributed by atoms with Gasteiger partial charge in [0.15, 0.2) is 0 Å². The van der Waals surface area contributed by atoms with E-state index in [1.54, 1.807) is 49.1 Å². The molecule has 0 bridgehead atoms. The van der Waals surface area contributed by atoms with Crippen LogP contribution in [0.3, 0.4) is 0 Å². The topological polar surface area (TPSA) is 62.1 Å². The number of anilines is 1. The van der Waals surface area contributed by atoms with Gasteiger partial charge in [-0.2, -0.15) is 4.99 Å². The minimum atomic E-state index is -0.980. The molecule has 0 atom stereocenters. The number of amides is 1. The number of fused-ring (bicyclic) bond motifs is 1. The van der Waals surface area contributed by atoms with E-state index in [1.165, 1.54) is 0 Å². The number of carbonyl (C=O) groups excluding carboxylic acids is 2. The van der Waals surface area contributed by atoms with Crippen LogP contribution in [0.2, 0.25) is 5.02 Å². The van der Waals surface area contributed by atoms with Gasteiger partial charge in [0.05, 0.1) is 17.1 Å². The lowest BCUT2D eigenvalue weighted by molar-refractivity contribution is -0.122. The van der Waals surface area contributed by atoms with Crippen LogP contribution in [0, 0.1) is 0 Å². The Kier molecular flexibility index (Phi) is 5.01. The summed E-state index contributed by atoms with van der Waals surface area (Å²) in [6.07, 6.45) is 1.56. The Morgan fingerprint density at radius 2 is 1.85 bits per heavy atom. The summed E-state index contributed by atoms with van der Waals surface area (Å²) >= 11 is 6.44. The van der Waals surface area contributed by atoms with E-state index >= 15 is 0 Å². The summed E-state index contributed by atoms with van der Waals surface area (Å²) < 4.78 is 0. The zero-order valence-corrected chi connectivity index (χ0v) is 16.4. The van der Waals surface area contributed by atoms with Crippen LogP contribution in [0.1, 0.15) is 38.8 Å². The molecule has 2 aromatic rings. The third-order valence-corrected chi connectivity index (χ3v) is 4.78. The molecule has 0 aromatic heterocycles. The molecule has 138 valence electrons. The molecule has 0 aliphatic carbocycles. The van der Waals surface area contributed by atoms with Crippen molar-refractivity contribution in [1.29, 1.82) is 0 Å². The van der Waals surface area contributed by atoms with E-state index in [4.69, 9.17) is 16.6 Å². The Labute approximate surface area is 163 Å². The number of isocyanates is 1. The molecule has 5 nitrogen and oxygen atoms in total. The Bertz CT molecular complexity index is 989. The summed E-state index contributed by atoms with van der Waals surface area (Å²) in [4.78, 5) is 34.2. The molecule has 0 fully saturated rings. The summed E-state index contributed by atoms with van der Waals surface area (Å²) in [7, 11) is 0. The molecule has 1 heterocycles. The van der Waals surface area contributed by atoms with E-state index in [1.807, 2.05) is 32.0 Å². The lowest BCUT2D eigenvalue weighted by Crippen LogP contribution is -2.47. The normalized spacial score (nSPS) is 15.7. The van der Waals surface area contributed by atoms with E-state index in [0.29, 0.717) is 27.7 Å². The summed E-state index contributed by atoms with van der Waals surface area (Å²) in [5, 5.41) is 0.535. The Hall–Kier alpha value is -2.75. The number of hydrogen-bond donors (Lipinski definition) is 0. The first-order valence-corrected chi connectivity index (χ1v) is 9.05. The highest BCUT2D eigenvalue weighted by molar-refractivity contribution is 6.36. The van der Waals surface area contributed by atoms with E-state index in [2.05, 4.69) is 4.99 Å². The number of carbonyl (C=O) groups is 1. The van der Waals surface area contributed by atoms with Crippen molar-refractivity contribution < 1.29 is 9.59 Å². The molecule has 0 saturated heterocycles. The molecular weight excluding hydrogens is 362 g/mol. The predicted octanol–water partition coefficient (Wildman–Crippen LogP) is 4.68. The van der Waals surface area contributed by atoms with Crippen LogP contribution in [-0.2, 0) is 9.59 Å². The molecule has 1 aliphatic rings. The SMILES string of the molecule is CC(C)N1C(=O)C(C)(C)N=C(c2ccccc2Cl)c2cc(N=C=O)ccc21. The maximum absolute atomic E-state index is 13.2. The first-order chi connectivity index (χ1) is 12.8. The first kappa shape index (κ1) is 19.0. The lowest BCUT2D eigenvalue weighted by Gasteiger charge is -2.31. The first-order valence-electron chi connectivity index (χ1n) is 8.67. The van der Waals surface area contributed by atoms with E-state index in [-0.39, 0.29) is 11.9 Å². The zero-order valence-electron chi connectivity index (χ0n) is 15.7. The highest BCUT2D eigenvalue weighted by atomic mass is 35.5. The van der Waals surface area contributed by atoms with Gasteiger partial charge in [0, 0.05) is 22.2 Å². The number of benzene rings is 2. The van der Waals surface area contributed by atoms with Crippen LogP contribution in [0.4, 0.5) is 11.4 Å².